The SMILES string of the molecule is Cc1cc2ccc(NC(=O)Cc3ccccc3F)cc2[nH]c1=O. The molecule has 0 unspecified atom stereocenters. The normalized spacial score (nSPS) is 10.7. The van der Waals surface area contributed by atoms with Crippen LogP contribution in [0.3, 0.4) is 0 Å². The van der Waals surface area contributed by atoms with Crippen LogP contribution in [0, 0.1) is 12.7 Å². The summed E-state index contributed by atoms with van der Waals surface area (Å²) in [5, 5.41) is 3.60. The van der Waals surface area contributed by atoms with Gasteiger partial charge in [-0.15, -0.1) is 0 Å². The third-order valence-corrected chi connectivity index (χ3v) is 3.62. The Morgan fingerprint density at radius 1 is 1.17 bits per heavy atom. The van der Waals surface area contributed by atoms with Gasteiger partial charge in [0.2, 0.25) is 5.91 Å². The Labute approximate surface area is 132 Å². The van der Waals surface area contributed by atoms with Crippen LogP contribution in [-0.2, 0) is 11.2 Å². The molecule has 1 amide bonds. The number of fused-ring (bicyclic) bond motifs is 1. The molecule has 0 atom stereocenters. The highest BCUT2D eigenvalue weighted by atomic mass is 19.1. The lowest BCUT2D eigenvalue weighted by molar-refractivity contribution is -0.115. The first-order valence-electron chi connectivity index (χ1n) is 7.20. The molecule has 23 heavy (non-hydrogen) atoms. The van der Waals surface area contributed by atoms with E-state index in [9.17, 15) is 14.0 Å². The standard InChI is InChI=1S/C18H15FN2O2/c1-11-8-13-6-7-14(10-16(13)21-18(11)23)20-17(22)9-12-4-2-3-5-15(12)19/h2-8,10H,9H2,1H3,(H,20,22)(H,21,23). The van der Waals surface area contributed by atoms with Crippen LogP contribution < -0.4 is 10.9 Å². The maximum atomic E-state index is 13.6. The molecule has 1 heterocycles. The first kappa shape index (κ1) is 15.0. The number of aromatic nitrogens is 1. The van der Waals surface area contributed by atoms with Crippen molar-refractivity contribution >= 4 is 22.5 Å². The number of amides is 1. The molecule has 0 spiro atoms. The molecular weight excluding hydrogens is 295 g/mol. The molecule has 2 aromatic carbocycles. The van der Waals surface area contributed by atoms with Gasteiger partial charge in [0, 0.05) is 11.3 Å². The number of carbonyl (C=O) groups excluding carboxylic acids is 1. The van der Waals surface area contributed by atoms with Gasteiger partial charge in [-0.2, -0.15) is 0 Å². The fourth-order valence-electron chi connectivity index (χ4n) is 2.41. The van der Waals surface area contributed by atoms with Crippen LogP contribution in [0.4, 0.5) is 10.1 Å². The quantitative estimate of drug-likeness (QED) is 0.780. The highest BCUT2D eigenvalue weighted by Crippen LogP contribution is 2.17. The summed E-state index contributed by atoms with van der Waals surface area (Å²) in [5.74, 6) is -0.718. The molecule has 0 saturated heterocycles. The van der Waals surface area contributed by atoms with Crippen LogP contribution in [-0.4, -0.2) is 10.9 Å². The van der Waals surface area contributed by atoms with E-state index in [2.05, 4.69) is 10.3 Å². The van der Waals surface area contributed by atoms with Gasteiger partial charge in [0.25, 0.3) is 5.56 Å². The van der Waals surface area contributed by atoms with E-state index < -0.39 is 5.82 Å². The number of halogens is 1. The van der Waals surface area contributed by atoms with Crippen LogP contribution >= 0.6 is 0 Å². The summed E-state index contributed by atoms with van der Waals surface area (Å²) in [5.41, 5.74) is 2.01. The van der Waals surface area contributed by atoms with Crippen LogP contribution in [0.1, 0.15) is 11.1 Å². The molecule has 0 bridgehead atoms. The van der Waals surface area contributed by atoms with Crippen molar-refractivity contribution in [2.45, 2.75) is 13.3 Å². The Morgan fingerprint density at radius 2 is 1.96 bits per heavy atom. The number of hydrogen-bond donors (Lipinski definition) is 2. The largest absolute Gasteiger partial charge is 0.326 e. The van der Waals surface area contributed by atoms with E-state index in [0.717, 1.165) is 5.39 Å². The second-order valence-electron chi connectivity index (χ2n) is 5.40. The van der Waals surface area contributed by atoms with Crippen molar-refractivity contribution in [3.05, 3.63) is 75.8 Å². The summed E-state index contributed by atoms with van der Waals surface area (Å²) in [6, 6.07) is 13.2. The summed E-state index contributed by atoms with van der Waals surface area (Å²) < 4.78 is 13.6. The van der Waals surface area contributed by atoms with Crippen LogP contribution in [0.15, 0.2) is 53.3 Å². The summed E-state index contributed by atoms with van der Waals surface area (Å²) in [6.45, 7) is 1.74. The van der Waals surface area contributed by atoms with Crippen molar-refractivity contribution in [1.29, 1.82) is 0 Å². The smallest absolute Gasteiger partial charge is 0.251 e. The molecular formula is C18H15FN2O2. The number of nitrogens with one attached hydrogen (secondary N) is 2. The lowest BCUT2D eigenvalue weighted by Gasteiger charge is -2.07. The molecule has 0 radical (unpaired) electrons. The molecule has 0 aliphatic heterocycles. The number of H-pyrrole nitrogens is 1. The number of anilines is 1. The fourth-order valence-corrected chi connectivity index (χ4v) is 2.41. The summed E-state index contributed by atoms with van der Waals surface area (Å²) in [4.78, 5) is 26.5. The molecule has 0 fully saturated rings. The first-order valence-corrected chi connectivity index (χ1v) is 7.20. The number of hydrogen-bond acceptors (Lipinski definition) is 2. The van der Waals surface area contributed by atoms with E-state index in [4.69, 9.17) is 0 Å². The lowest BCUT2D eigenvalue weighted by Crippen LogP contribution is -2.15. The van der Waals surface area contributed by atoms with Crippen molar-refractivity contribution in [2.24, 2.45) is 0 Å². The monoisotopic (exact) mass is 310 g/mol. The summed E-state index contributed by atoms with van der Waals surface area (Å²) >= 11 is 0. The maximum Gasteiger partial charge on any atom is 0.251 e. The van der Waals surface area contributed by atoms with Gasteiger partial charge in [-0.05, 0) is 42.1 Å². The van der Waals surface area contributed by atoms with E-state index in [1.54, 1.807) is 43.3 Å². The molecule has 0 aliphatic rings. The van der Waals surface area contributed by atoms with E-state index in [-0.39, 0.29) is 17.9 Å². The average molecular weight is 310 g/mol. The fraction of sp³-hybridized carbons (Fsp3) is 0.111. The molecule has 0 saturated carbocycles. The zero-order valence-corrected chi connectivity index (χ0v) is 12.5. The Morgan fingerprint density at radius 3 is 2.74 bits per heavy atom. The van der Waals surface area contributed by atoms with Gasteiger partial charge in [-0.3, -0.25) is 9.59 Å². The van der Waals surface area contributed by atoms with E-state index in [1.165, 1.54) is 6.07 Å². The first-order chi connectivity index (χ1) is 11.0. The molecule has 2 N–H and O–H groups in total. The zero-order chi connectivity index (χ0) is 16.4. The van der Waals surface area contributed by atoms with Gasteiger partial charge in [-0.25, -0.2) is 4.39 Å². The topological polar surface area (TPSA) is 62.0 Å². The van der Waals surface area contributed by atoms with Crippen molar-refractivity contribution < 1.29 is 9.18 Å². The van der Waals surface area contributed by atoms with Gasteiger partial charge in [0.15, 0.2) is 0 Å². The number of rotatable bonds is 3. The second kappa shape index (κ2) is 6.04. The molecule has 3 rings (SSSR count). The minimum Gasteiger partial charge on any atom is -0.326 e. The number of carbonyl (C=O) groups is 1. The third kappa shape index (κ3) is 3.29. The Hall–Kier alpha value is -2.95. The minimum atomic E-state index is -0.402. The van der Waals surface area contributed by atoms with Crippen molar-refractivity contribution in [3.8, 4) is 0 Å². The van der Waals surface area contributed by atoms with E-state index >= 15 is 0 Å². The predicted octanol–water partition coefficient (Wildman–Crippen LogP) is 3.16. The molecule has 4 nitrogen and oxygen atoms in total. The van der Waals surface area contributed by atoms with Crippen LogP contribution in [0.5, 0.6) is 0 Å². The predicted molar refractivity (Wildman–Crippen MR) is 88.0 cm³/mol. The number of aryl methyl sites for hydroxylation is 1. The Balaban J connectivity index is 1.81. The average Bonchev–Trinajstić information content (AvgIpc) is 2.51. The lowest BCUT2D eigenvalue weighted by atomic mass is 10.1. The Kier molecular flexibility index (Phi) is 3.93. The van der Waals surface area contributed by atoms with Crippen LogP contribution in [0.2, 0.25) is 0 Å². The van der Waals surface area contributed by atoms with Crippen LogP contribution in [0.25, 0.3) is 10.9 Å². The van der Waals surface area contributed by atoms with Crippen molar-refractivity contribution in [3.63, 3.8) is 0 Å². The highest BCUT2D eigenvalue weighted by Gasteiger charge is 2.08. The second-order valence-corrected chi connectivity index (χ2v) is 5.40. The molecule has 116 valence electrons. The number of benzene rings is 2. The van der Waals surface area contributed by atoms with Gasteiger partial charge < -0.3 is 10.3 Å². The number of pyridine rings is 1. The zero-order valence-electron chi connectivity index (χ0n) is 12.5. The molecule has 0 aliphatic carbocycles. The summed E-state index contributed by atoms with van der Waals surface area (Å²) in [6.07, 6.45) is -0.0465. The molecule has 3 aromatic rings. The molecule has 1 aromatic heterocycles. The third-order valence-electron chi connectivity index (χ3n) is 3.62. The van der Waals surface area contributed by atoms with E-state index in [1.807, 2.05) is 6.07 Å². The van der Waals surface area contributed by atoms with Gasteiger partial charge in [0.1, 0.15) is 5.82 Å². The highest BCUT2D eigenvalue weighted by molar-refractivity contribution is 5.94. The summed E-state index contributed by atoms with van der Waals surface area (Å²) in [7, 11) is 0. The van der Waals surface area contributed by atoms with E-state index in [0.29, 0.717) is 22.3 Å². The van der Waals surface area contributed by atoms with Gasteiger partial charge in [-0.1, -0.05) is 24.3 Å². The minimum absolute atomic E-state index is 0.0465. The Bertz CT molecular complexity index is 947. The number of aromatic amines is 1. The van der Waals surface area contributed by atoms with Crippen molar-refractivity contribution in [1.82, 2.24) is 4.98 Å². The van der Waals surface area contributed by atoms with Gasteiger partial charge >= 0.3 is 0 Å². The van der Waals surface area contributed by atoms with Crippen molar-refractivity contribution in [2.75, 3.05) is 5.32 Å². The molecule has 5 heteroatoms. The maximum absolute atomic E-state index is 13.6. The van der Waals surface area contributed by atoms with Gasteiger partial charge in [0.05, 0.1) is 11.9 Å².